The first-order valence-corrected chi connectivity index (χ1v) is 3.61. The molecule has 0 radical (unpaired) electrons. The molecule has 1 rings (SSSR count). The molecule has 0 aliphatic rings. The summed E-state index contributed by atoms with van der Waals surface area (Å²) in [6.45, 7) is 4.17. The van der Waals surface area contributed by atoms with Crippen molar-refractivity contribution in [1.82, 2.24) is 9.97 Å². The Bertz CT molecular complexity index is 193. The summed E-state index contributed by atoms with van der Waals surface area (Å²) < 4.78 is 0. The van der Waals surface area contributed by atoms with Gasteiger partial charge in [-0.1, -0.05) is 13.8 Å². The smallest absolute Gasteiger partial charge is 0.197 e. The summed E-state index contributed by atoms with van der Waals surface area (Å²) in [4.78, 5) is 7.13. The van der Waals surface area contributed by atoms with E-state index in [0.29, 0.717) is 5.95 Å². The molecule has 0 aromatic carbocycles. The molecule has 0 unspecified atom stereocenters. The molecule has 0 fully saturated rings. The van der Waals surface area contributed by atoms with Crippen LogP contribution in [-0.2, 0) is 12.8 Å². The first-order valence-electron chi connectivity index (χ1n) is 3.61. The van der Waals surface area contributed by atoms with Gasteiger partial charge in [0.25, 0.3) is 0 Å². The molecule has 0 atom stereocenters. The Balaban J connectivity index is 2.96. The van der Waals surface area contributed by atoms with Crippen molar-refractivity contribution >= 4 is 5.95 Å². The third-order valence-corrected chi connectivity index (χ3v) is 1.57. The molecule has 1 aromatic heterocycles. The highest BCUT2D eigenvalue weighted by atomic mass is 15.0. The second-order valence-electron chi connectivity index (χ2n) is 2.25. The number of H-pyrrole nitrogens is 1. The van der Waals surface area contributed by atoms with E-state index in [-0.39, 0.29) is 0 Å². The van der Waals surface area contributed by atoms with Gasteiger partial charge in [0.15, 0.2) is 5.95 Å². The average molecular weight is 139 g/mol. The minimum atomic E-state index is 0.536. The van der Waals surface area contributed by atoms with Gasteiger partial charge in [-0.3, -0.25) is 0 Å². The number of aryl methyl sites for hydroxylation is 2. The number of aromatic amines is 1. The molecule has 3 N–H and O–H groups in total. The quantitative estimate of drug-likeness (QED) is 0.645. The second-order valence-corrected chi connectivity index (χ2v) is 2.25. The fraction of sp³-hybridized carbons (Fsp3) is 0.571. The zero-order valence-electron chi connectivity index (χ0n) is 6.44. The summed E-state index contributed by atoms with van der Waals surface area (Å²) in [6.07, 6.45) is 1.93. The maximum atomic E-state index is 5.46. The summed E-state index contributed by atoms with van der Waals surface area (Å²) in [5, 5.41) is 0. The van der Waals surface area contributed by atoms with E-state index in [0.717, 1.165) is 18.5 Å². The maximum Gasteiger partial charge on any atom is 0.197 e. The van der Waals surface area contributed by atoms with Gasteiger partial charge in [-0.25, -0.2) is 4.98 Å². The van der Waals surface area contributed by atoms with Crippen LogP contribution in [0.25, 0.3) is 0 Å². The summed E-state index contributed by atoms with van der Waals surface area (Å²) >= 11 is 0. The number of aromatic nitrogens is 2. The lowest BCUT2D eigenvalue weighted by atomic mass is 10.2. The zero-order valence-corrected chi connectivity index (χ0v) is 6.44. The number of nitrogen functional groups attached to an aromatic ring is 1. The number of nitrogens with one attached hydrogen (secondary N) is 1. The van der Waals surface area contributed by atoms with Crippen molar-refractivity contribution < 1.29 is 0 Å². The number of hydrogen-bond acceptors (Lipinski definition) is 2. The Hall–Kier alpha value is -0.990. The third kappa shape index (κ3) is 1.12. The molecule has 1 heterocycles. The van der Waals surface area contributed by atoms with Gasteiger partial charge in [0.2, 0.25) is 0 Å². The number of nitrogens with two attached hydrogens (primary N) is 1. The molecule has 0 aliphatic carbocycles. The Labute approximate surface area is 60.7 Å². The van der Waals surface area contributed by atoms with Crippen LogP contribution in [0.15, 0.2) is 0 Å². The van der Waals surface area contributed by atoms with E-state index < -0.39 is 0 Å². The Morgan fingerprint density at radius 1 is 1.40 bits per heavy atom. The van der Waals surface area contributed by atoms with Gasteiger partial charge in [0.05, 0.1) is 5.69 Å². The van der Waals surface area contributed by atoms with Gasteiger partial charge in [-0.15, -0.1) is 0 Å². The molecule has 56 valence electrons. The van der Waals surface area contributed by atoms with Crippen molar-refractivity contribution in [2.75, 3.05) is 5.73 Å². The van der Waals surface area contributed by atoms with Crippen LogP contribution < -0.4 is 5.73 Å². The number of hydrogen-bond donors (Lipinski definition) is 2. The molecule has 1 aromatic rings. The van der Waals surface area contributed by atoms with Crippen LogP contribution in [0.5, 0.6) is 0 Å². The lowest BCUT2D eigenvalue weighted by molar-refractivity contribution is 0.979. The standard InChI is InChI=1S/C7H13N3/c1-3-5-6(4-2)10-7(8)9-5/h3-4H2,1-2H3,(H3,8,9,10). The van der Waals surface area contributed by atoms with Crippen LogP contribution in [0.3, 0.4) is 0 Å². The van der Waals surface area contributed by atoms with Crippen molar-refractivity contribution in [3.63, 3.8) is 0 Å². The molecule has 3 heteroatoms. The molecular formula is C7H13N3. The lowest BCUT2D eigenvalue weighted by Gasteiger charge is -1.91. The van der Waals surface area contributed by atoms with Crippen molar-refractivity contribution in [3.05, 3.63) is 11.4 Å². The van der Waals surface area contributed by atoms with E-state index in [4.69, 9.17) is 5.73 Å². The van der Waals surface area contributed by atoms with Crippen LogP contribution in [0.2, 0.25) is 0 Å². The summed E-state index contributed by atoms with van der Waals surface area (Å²) in [7, 11) is 0. The molecule has 0 aliphatic heterocycles. The Morgan fingerprint density at radius 2 is 2.10 bits per heavy atom. The summed E-state index contributed by atoms with van der Waals surface area (Å²) in [6, 6.07) is 0. The highest BCUT2D eigenvalue weighted by molar-refractivity contribution is 5.25. The van der Waals surface area contributed by atoms with Crippen LogP contribution in [0.4, 0.5) is 5.95 Å². The zero-order chi connectivity index (χ0) is 7.56. The van der Waals surface area contributed by atoms with Crippen LogP contribution in [-0.4, -0.2) is 9.97 Å². The first-order chi connectivity index (χ1) is 4.77. The van der Waals surface area contributed by atoms with Crippen LogP contribution >= 0.6 is 0 Å². The minimum Gasteiger partial charge on any atom is -0.369 e. The molecule has 0 amide bonds. The minimum absolute atomic E-state index is 0.536. The predicted molar refractivity (Wildman–Crippen MR) is 41.8 cm³/mol. The van der Waals surface area contributed by atoms with E-state index in [2.05, 4.69) is 23.8 Å². The average Bonchev–Trinajstić information content (AvgIpc) is 2.30. The van der Waals surface area contributed by atoms with Gasteiger partial charge >= 0.3 is 0 Å². The molecule has 0 bridgehead atoms. The van der Waals surface area contributed by atoms with Gasteiger partial charge in [-0.05, 0) is 12.8 Å². The van der Waals surface area contributed by atoms with Crippen molar-refractivity contribution in [2.45, 2.75) is 26.7 Å². The van der Waals surface area contributed by atoms with Crippen LogP contribution in [0.1, 0.15) is 25.2 Å². The Kier molecular flexibility index (Phi) is 1.94. The van der Waals surface area contributed by atoms with E-state index >= 15 is 0 Å². The molecule has 0 saturated heterocycles. The molecular weight excluding hydrogens is 126 g/mol. The fourth-order valence-corrected chi connectivity index (χ4v) is 1.05. The van der Waals surface area contributed by atoms with Crippen molar-refractivity contribution in [1.29, 1.82) is 0 Å². The SMILES string of the molecule is CCc1nc(N)[nH]c1CC. The molecule has 0 spiro atoms. The van der Waals surface area contributed by atoms with Gasteiger partial charge in [0.1, 0.15) is 0 Å². The largest absolute Gasteiger partial charge is 0.369 e. The van der Waals surface area contributed by atoms with Gasteiger partial charge in [-0.2, -0.15) is 0 Å². The number of anilines is 1. The second kappa shape index (κ2) is 2.73. The fourth-order valence-electron chi connectivity index (χ4n) is 1.05. The monoisotopic (exact) mass is 139 g/mol. The number of nitrogens with zero attached hydrogens (tertiary/aromatic N) is 1. The van der Waals surface area contributed by atoms with Gasteiger partial charge < -0.3 is 10.7 Å². The Morgan fingerprint density at radius 3 is 2.50 bits per heavy atom. The lowest BCUT2D eigenvalue weighted by Crippen LogP contribution is -1.87. The molecule has 0 saturated carbocycles. The van der Waals surface area contributed by atoms with E-state index in [1.54, 1.807) is 0 Å². The summed E-state index contributed by atoms with van der Waals surface area (Å²) in [5.41, 5.74) is 7.73. The van der Waals surface area contributed by atoms with Gasteiger partial charge in [0, 0.05) is 5.69 Å². The number of imidazole rings is 1. The van der Waals surface area contributed by atoms with Crippen molar-refractivity contribution in [2.24, 2.45) is 0 Å². The van der Waals surface area contributed by atoms with E-state index in [1.165, 1.54) is 5.69 Å². The normalized spacial score (nSPS) is 10.2. The van der Waals surface area contributed by atoms with E-state index in [9.17, 15) is 0 Å². The number of rotatable bonds is 2. The first kappa shape index (κ1) is 7.12. The van der Waals surface area contributed by atoms with Crippen molar-refractivity contribution in [3.8, 4) is 0 Å². The summed E-state index contributed by atoms with van der Waals surface area (Å²) in [5.74, 6) is 0.536. The van der Waals surface area contributed by atoms with E-state index in [1.807, 2.05) is 0 Å². The topological polar surface area (TPSA) is 54.7 Å². The molecule has 3 nitrogen and oxygen atoms in total. The predicted octanol–water partition coefficient (Wildman–Crippen LogP) is 1.12. The highest BCUT2D eigenvalue weighted by Gasteiger charge is 2.02. The van der Waals surface area contributed by atoms with Crippen LogP contribution in [0, 0.1) is 0 Å². The third-order valence-electron chi connectivity index (χ3n) is 1.57. The highest BCUT2D eigenvalue weighted by Crippen LogP contribution is 2.07. The maximum absolute atomic E-state index is 5.46. The molecule has 10 heavy (non-hydrogen) atoms.